The van der Waals surface area contributed by atoms with Crippen molar-refractivity contribution in [3.63, 3.8) is 0 Å². The third-order valence-electron chi connectivity index (χ3n) is 5.03. The van der Waals surface area contributed by atoms with Gasteiger partial charge in [0.1, 0.15) is 0 Å². The molecule has 0 bridgehead atoms. The third kappa shape index (κ3) is 4.53. The van der Waals surface area contributed by atoms with E-state index in [0.717, 1.165) is 37.9 Å². The number of anilines is 1. The van der Waals surface area contributed by atoms with E-state index < -0.39 is 0 Å². The van der Waals surface area contributed by atoms with Crippen LogP contribution in [0.1, 0.15) is 38.2 Å². The first-order valence-corrected chi connectivity index (χ1v) is 9.02. The molecule has 2 unspecified atom stereocenters. The van der Waals surface area contributed by atoms with Crippen LogP contribution in [0.3, 0.4) is 0 Å². The molecule has 0 spiro atoms. The molecule has 2 amide bonds. The van der Waals surface area contributed by atoms with Crippen LogP contribution in [0.5, 0.6) is 0 Å². The molecule has 2 fully saturated rings. The summed E-state index contributed by atoms with van der Waals surface area (Å²) in [7, 11) is 0. The SMILES string of the molecule is CCCc1ccc(N2CC(C(=O)N3CCCC(N)C3)CC2=O)cc1.Cl. The molecule has 138 valence electrons. The lowest BCUT2D eigenvalue weighted by molar-refractivity contribution is -0.136. The van der Waals surface area contributed by atoms with E-state index in [-0.39, 0.29) is 36.2 Å². The molecule has 2 N–H and O–H groups in total. The van der Waals surface area contributed by atoms with Crippen LogP contribution < -0.4 is 10.6 Å². The summed E-state index contributed by atoms with van der Waals surface area (Å²) in [5.74, 6) is -0.111. The Morgan fingerprint density at radius 2 is 1.96 bits per heavy atom. The van der Waals surface area contributed by atoms with Crippen molar-refractivity contribution in [3.8, 4) is 0 Å². The topological polar surface area (TPSA) is 66.6 Å². The highest BCUT2D eigenvalue weighted by molar-refractivity contribution is 6.00. The van der Waals surface area contributed by atoms with Crippen LogP contribution in [-0.4, -0.2) is 42.4 Å². The zero-order valence-electron chi connectivity index (χ0n) is 14.8. The van der Waals surface area contributed by atoms with Gasteiger partial charge < -0.3 is 15.5 Å². The first kappa shape index (κ1) is 19.7. The summed E-state index contributed by atoms with van der Waals surface area (Å²) in [4.78, 5) is 28.7. The fraction of sp³-hybridized carbons (Fsp3) is 0.579. The van der Waals surface area contributed by atoms with E-state index in [9.17, 15) is 9.59 Å². The van der Waals surface area contributed by atoms with Gasteiger partial charge in [0.15, 0.2) is 0 Å². The molecule has 2 atom stereocenters. The van der Waals surface area contributed by atoms with Gasteiger partial charge in [0, 0.05) is 37.8 Å². The van der Waals surface area contributed by atoms with Crippen molar-refractivity contribution in [2.24, 2.45) is 11.7 Å². The molecule has 1 aromatic carbocycles. The molecule has 25 heavy (non-hydrogen) atoms. The Hall–Kier alpha value is -1.59. The summed E-state index contributed by atoms with van der Waals surface area (Å²) in [6.07, 6.45) is 4.39. The largest absolute Gasteiger partial charge is 0.341 e. The van der Waals surface area contributed by atoms with Gasteiger partial charge in [-0.1, -0.05) is 25.5 Å². The highest BCUT2D eigenvalue weighted by atomic mass is 35.5. The standard InChI is InChI=1S/C19H27N3O2.ClH/c1-2-4-14-6-8-17(9-7-14)22-12-15(11-18(22)23)19(24)21-10-3-5-16(20)13-21;/h6-9,15-16H,2-5,10-13,20H2,1H3;1H. The molecule has 0 radical (unpaired) electrons. The van der Waals surface area contributed by atoms with E-state index in [1.54, 1.807) is 4.90 Å². The molecule has 0 aliphatic carbocycles. The number of hydrogen-bond donors (Lipinski definition) is 1. The molecule has 5 nitrogen and oxygen atoms in total. The van der Waals surface area contributed by atoms with Gasteiger partial charge in [0.05, 0.1) is 5.92 Å². The number of rotatable bonds is 4. The lowest BCUT2D eigenvalue weighted by Crippen LogP contribution is -2.48. The van der Waals surface area contributed by atoms with E-state index >= 15 is 0 Å². The molecular formula is C19H28ClN3O2. The van der Waals surface area contributed by atoms with Crippen molar-refractivity contribution < 1.29 is 9.59 Å². The second-order valence-electron chi connectivity index (χ2n) is 7.01. The van der Waals surface area contributed by atoms with Crippen LogP contribution in [0.15, 0.2) is 24.3 Å². The van der Waals surface area contributed by atoms with Gasteiger partial charge in [-0.3, -0.25) is 9.59 Å². The maximum Gasteiger partial charge on any atom is 0.228 e. The number of aryl methyl sites for hydroxylation is 1. The molecule has 6 heteroatoms. The fourth-order valence-corrected chi connectivity index (χ4v) is 3.72. The van der Waals surface area contributed by atoms with Gasteiger partial charge in [-0.05, 0) is 37.0 Å². The van der Waals surface area contributed by atoms with Crippen LogP contribution in [0.25, 0.3) is 0 Å². The number of hydrogen-bond acceptors (Lipinski definition) is 3. The Morgan fingerprint density at radius 3 is 2.60 bits per heavy atom. The van der Waals surface area contributed by atoms with Crippen molar-refractivity contribution in [2.75, 3.05) is 24.5 Å². The smallest absolute Gasteiger partial charge is 0.228 e. The minimum atomic E-state index is -0.238. The minimum Gasteiger partial charge on any atom is -0.341 e. The predicted molar refractivity (Wildman–Crippen MR) is 102 cm³/mol. The average Bonchev–Trinajstić information content (AvgIpc) is 2.97. The summed E-state index contributed by atoms with van der Waals surface area (Å²) >= 11 is 0. The van der Waals surface area contributed by atoms with Crippen molar-refractivity contribution in [1.29, 1.82) is 0 Å². The van der Waals surface area contributed by atoms with Crippen LogP contribution in [0.2, 0.25) is 0 Å². The molecule has 2 aliphatic rings. The zero-order chi connectivity index (χ0) is 17.1. The van der Waals surface area contributed by atoms with E-state index in [1.165, 1.54) is 5.56 Å². The number of halogens is 1. The quantitative estimate of drug-likeness (QED) is 0.890. The summed E-state index contributed by atoms with van der Waals surface area (Å²) in [6.45, 7) is 4.02. The van der Waals surface area contributed by atoms with Crippen LogP contribution in [0.4, 0.5) is 5.69 Å². The first-order chi connectivity index (χ1) is 11.6. The third-order valence-corrected chi connectivity index (χ3v) is 5.03. The molecule has 0 saturated carbocycles. The number of benzene rings is 1. The summed E-state index contributed by atoms with van der Waals surface area (Å²) < 4.78 is 0. The second-order valence-corrected chi connectivity index (χ2v) is 7.01. The Bertz CT molecular complexity index is 605. The Labute approximate surface area is 155 Å². The monoisotopic (exact) mass is 365 g/mol. The molecule has 2 heterocycles. The molecule has 2 saturated heterocycles. The van der Waals surface area contributed by atoms with Gasteiger partial charge in [0.25, 0.3) is 0 Å². The van der Waals surface area contributed by atoms with E-state index in [2.05, 4.69) is 19.1 Å². The number of amides is 2. The van der Waals surface area contributed by atoms with Gasteiger partial charge in [-0.15, -0.1) is 12.4 Å². The van der Waals surface area contributed by atoms with Gasteiger partial charge in [-0.2, -0.15) is 0 Å². The van der Waals surface area contributed by atoms with Gasteiger partial charge in [0.2, 0.25) is 11.8 Å². The number of piperidine rings is 1. The van der Waals surface area contributed by atoms with E-state index in [1.807, 2.05) is 17.0 Å². The van der Waals surface area contributed by atoms with Crippen LogP contribution in [0, 0.1) is 5.92 Å². The van der Waals surface area contributed by atoms with Gasteiger partial charge in [-0.25, -0.2) is 0 Å². The Kier molecular flexibility index (Phi) is 6.85. The number of likely N-dealkylation sites (tertiary alicyclic amines) is 1. The van der Waals surface area contributed by atoms with Crippen LogP contribution >= 0.6 is 12.4 Å². The van der Waals surface area contributed by atoms with E-state index in [4.69, 9.17) is 5.73 Å². The minimum absolute atomic E-state index is 0. The predicted octanol–water partition coefficient (Wildman–Crippen LogP) is 2.36. The Balaban J connectivity index is 0.00000225. The lowest BCUT2D eigenvalue weighted by atomic mass is 10.0. The molecular weight excluding hydrogens is 338 g/mol. The molecule has 0 aromatic heterocycles. The second kappa shape index (κ2) is 8.68. The average molecular weight is 366 g/mol. The molecule has 1 aromatic rings. The van der Waals surface area contributed by atoms with Crippen molar-refractivity contribution in [3.05, 3.63) is 29.8 Å². The zero-order valence-corrected chi connectivity index (χ0v) is 15.6. The first-order valence-electron chi connectivity index (χ1n) is 9.02. The molecule has 3 rings (SSSR count). The maximum atomic E-state index is 12.7. The number of nitrogens with two attached hydrogens (primary N) is 1. The molecule has 2 aliphatic heterocycles. The van der Waals surface area contributed by atoms with Crippen molar-refractivity contribution >= 4 is 29.9 Å². The summed E-state index contributed by atoms with van der Waals surface area (Å²) in [5.41, 5.74) is 8.15. The highest BCUT2D eigenvalue weighted by Crippen LogP contribution is 2.27. The normalized spacial score (nSPS) is 23.5. The van der Waals surface area contributed by atoms with Crippen molar-refractivity contribution in [2.45, 2.75) is 45.1 Å². The number of carbonyl (C=O) groups excluding carboxylic acids is 2. The fourth-order valence-electron chi connectivity index (χ4n) is 3.72. The summed E-state index contributed by atoms with van der Waals surface area (Å²) in [5, 5.41) is 0. The number of carbonyl (C=O) groups is 2. The van der Waals surface area contributed by atoms with Crippen molar-refractivity contribution in [1.82, 2.24) is 4.90 Å². The highest BCUT2D eigenvalue weighted by Gasteiger charge is 2.38. The van der Waals surface area contributed by atoms with Gasteiger partial charge >= 0.3 is 0 Å². The maximum absolute atomic E-state index is 12.7. The van der Waals surface area contributed by atoms with E-state index in [0.29, 0.717) is 19.5 Å². The lowest BCUT2D eigenvalue weighted by Gasteiger charge is -2.32. The summed E-state index contributed by atoms with van der Waals surface area (Å²) in [6, 6.07) is 8.21. The Morgan fingerprint density at radius 1 is 1.24 bits per heavy atom. The van der Waals surface area contributed by atoms with Crippen LogP contribution in [-0.2, 0) is 16.0 Å². The number of nitrogens with zero attached hydrogens (tertiary/aromatic N) is 2.